The fourth-order valence-electron chi connectivity index (χ4n) is 1.58. The summed E-state index contributed by atoms with van der Waals surface area (Å²) in [6.45, 7) is 0. The molecule has 0 amide bonds. The van der Waals surface area contributed by atoms with Crippen LogP contribution < -0.4 is 0 Å². The van der Waals surface area contributed by atoms with Crippen molar-refractivity contribution in [2.75, 3.05) is 0 Å². The third kappa shape index (κ3) is 1.68. The Morgan fingerprint density at radius 2 is 1.93 bits per heavy atom. The van der Waals surface area contributed by atoms with Crippen LogP contribution >= 0.6 is 0 Å². The van der Waals surface area contributed by atoms with E-state index in [4.69, 9.17) is 5.26 Å². The molecule has 0 radical (unpaired) electrons. The number of hydrogen-bond acceptors (Lipinski definition) is 2. The quantitative estimate of drug-likeness (QED) is 0.710. The topological polar surface area (TPSA) is 44.0 Å². The van der Waals surface area contributed by atoms with Gasteiger partial charge in [-0.1, -0.05) is 30.3 Å². The molecule has 0 spiro atoms. The lowest BCUT2D eigenvalue weighted by Crippen LogP contribution is -1.79. The van der Waals surface area contributed by atoms with Crippen LogP contribution in [0.1, 0.15) is 5.56 Å². The number of rotatable bonds is 1. The maximum Gasteiger partial charge on any atom is 0.123 e. The molecule has 2 aromatic carbocycles. The van der Waals surface area contributed by atoms with E-state index >= 15 is 0 Å². The van der Waals surface area contributed by atoms with Crippen molar-refractivity contribution in [2.24, 2.45) is 0 Å². The summed E-state index contributed by atoms with van der Waals surface area (Å²) < 4.78 is 0. The zero-order valence-electron chi connectivity index (χ0n) is 8.01. The van der Waals surface area contributed by atoms with Gasteiger partial charge in [-0.2, -0.15) is 5.26 Å². The highest BCUT2D eigenvalue weighted by molar-refractivity contribution is 5.93. The van der Waals surface area contributed by atoms with Gasteiger partial charge in [0.15, 0.2) is 0 Å². The lowest BCUT2D eigenvalue weighted by molar-refractivity contribution is 0.475. The van der Waals surface area contributed by atoms with Crippen LogP contribution in [-0.2, 0) is 0 Å². The number of nitriles is 1. The number of phenols is 1. The standard InChI is InChI=1S/C13H9NO/c14-9-3-6-12-11-5-2-1-4-10(11)7-8-13(12)15/h1-8,15H. The average Bonchev–Trinajstić information content (AvgIpc) is 2.28. The van der Waals surface area contributed by atoms with E-state index < -0.39 is 0 Å². The van der Waals surface area contributed by atoms with Crippen LogP contribution in [0.2, 0.25) is 0 Å². The van der Waals surface area contributed by atoms with Gasteiger partial charge in [0.05, 0.1) is 6.07 Å². The summed E-state index contributed by atoms with van der Waals surface area (Å²) in [5, 5.41) is 20.1. The van der Waals surface area contributed by atoms with E-state index in [1.165, 1.54) is 6.08 Å². The Morgan fingerprint density at radius 3 is 2.73 bits per heavy atom. The highest BCUT2D eigenvalue weighted by Gasteiger charge is 2.02. The van der Waals surface area contributed by atoms with E-state index in [0.29, 0.717) is 5.56 Å². The Morgan fingerprint density at radius 1 is 1.13 bits per heavy atom. The molecule has 0 heterocycles. The monoisotopic (exact) mass is 195 g/mol. The molecule has 0 bridgehead atoms. The molecule has 0 saturated carbocycles. The minimum Gasteiger partial charge on any atom is -0.507 e. The predicted octanol–water partition coefficient (Wildman–Crippen LogP) is 3.08. The van der Waals surface area contributed by atoms with Crippen molar-refractivity contribution in [3.05, 3.63) is 48.0 Å². The highest BCUT2D eigenvalue weighted by atomic mass is 16.3. The molecule has 0 fully saturated rings. The van der Waals surface area contributed by atoms with Gasteiger partial charge >= 0.3 is 0 Å². The van der Waals surface area contributed by atoms with Crippen LogP contribution in [0.25, 0.3) is 16.8 Å². The lowest BCUT2D eigenvalue weighted by atomic mass is 10.0. The van der Waals surface area contributed by atoms with Crippen LogP contribution in [0.5, 0.6) is 5.75 Å². The van der Waals surface area contributed by atoms with Crippen molar-refractivity contribution in [3.63, 3.8) is 0 Å². The van der Waals surface area contributed by atoms with Crippen LogP contribution in [0.4, 0.5) is 0 Å². The van der Waals surface area contributed by atoms with Crippen molar-refractivity contribution in [1.82, 2.24) is 0 Å². The van der Waals surface area contributed by atoms with E-state index in [0.717, 1.165) is 10.8 Å². The summed E-state index contributed by atoms with van der Waals surface area (Å²) in [7, 11) is 0. The third-order valence-corrected chi connectivity index (χ3v) is 2.27. The molecule has 1 N–H and O–H groups in total. The highest BCUT2D eigenvalue weighted by Crippen LogP contribution is 2.27. The second kappa shape index (κ2) is 3.85. The molecule has 0 aliphatic rings. The first kappa shape index (κ1) is 9.29. The molecule has 2 heteroatoms. The lowest BCUT2D eigenvalue weighted by Gasteiger charge is -2.04. The summed E-state index contributed by atoms with van der Waals surface area (Å²) >= 11 is 0. The molecular weight excluding hydrogens is 186 g/mol. The Labute approximate surface area is 87.7 Å². The number of benzene rings is 2. The number of phenolic OH excluding ortho intramolecular Hbond substituents is 1. The number of aromatic hydroxyl groups is 1. The fourth-order valence-corrected chi connectivity index (χ4v) is 1.58. The van der Waals surface area contributed by atoms with E-state index in [1.807, 2.05) is 36.4 Å². The minimum atomic E-state index is 0.195. The van der Waals surface area contributed by atoms with E-state index in [2.05, 4.69) is 0 Å². The van der Waals surface area contributed by atoms with Crippen LogP contribution in [0.15, 0.2) is 42.5 Å². The van der Waals surface area contributed by atoms with Gasteiger partial charge in [0.1, 0.15) is 5.75 Å². The summed E-state index contributed by atoms with van der Waals surface area (Å²) in [6, 6.07) is 13.2. The van der Waals surface area contributed by atoms with Gasteiger partial charge in [0.25, 0.3) is 0 Å². The van der Waals surface area contributed by atoms with E-state index in [-0.39, 0.29) is 5.75 Å². The van der Waals surface area contributed by atoms with E-state index in [1.54, 1.807) is 12.1 Å². The molecule has 2 rings (SSSR count). The Balaban J connectivity index is 2.75. The number of nitrogens with zero attached hydrogens (tertiary/aromatic N) is 1. The Hall–Kier alpha value is -2.27. The van der Waals surface area contributed by atoms with Gasteiger partial charge < -0.3 is 5.11 Å². The van der Waals surface area contributed by atoms with Crippen molar-refractivity contribution in [1.29, 1.82) is 5.26 Å². The molecule has 0 atom stereocenters. The number of fused-ring (bicyclic) bond motifs is 1. The first-order valence-electron chi connectivity index (χ1n) is 4.60. The summed E-state index contributed by atoms with van der Waals surface area (Å²) in [4.78, 5) is 0. The van der Waals surface area contributed by atoms with Gasteiger partial charge in [-0.05, 0) is 22.9 Å². The van der Waals surface area contributed by atoms with Crippen molar-refractivity contribution >= 4 is 16.8 Å². The smallest absolute Gasteiger partial charge is 0.123 e. The Bertz CT molecular complexity index is 564. The first-order chi connectivity index (χ1) is 7.33. The molecule has 0 aliphatic carbocycles. The van der Waals surface area contributed by atoms with Gasteiger partial charge in [0.2, 0.25) is 0 Å². The van der Waals surface area contributed by atoms with Crippen molar-refractivity contribution in [2.45, 2.75) is 0 Å². The molecule has 0 unspecified atom stereocenters. The van der Waals surface area contributed by atoms with Crippen LogP contribution in [0, 0.1) is 11.3 Å². The molecular formula is C13H9NO. The zero-order valence-corrected chi connectivity index (χ0v) is 8.01. The van der Waals surface area contributed by atoms with Crippen LogP contribution in [-0.4, -0.2) is 5.11 Å². The first-order valence-corrected chi connectivity index (χ1v) is 4.60. The molecule has 72 valence electrons. The molecule has 2 aromatic rings. The third-order valence-electron chi connectivity index (χ3n) is 2.27. The maximum absolute atomic E-state index is 9.67. The molecule has 0 aromatic heterocycles. The molecule has 0 saturated heterocycles. The minimum absolute atomic E-state index is 0.195. The largest absolute Gasteiger partial charge is 0.507 e. The van der Waals surface area contributed by atoms with Gasteiger partial charge in [-0.3, -0.25) is 0 Å². The predicted molar refractivity (Wildman–Crippen MR) is 60.3 cm³/mol. The molecule has 15 heavy (non-hydrogen) atoms. The van der Waals surface area contributed by atoms with Gasteiger partial charge in [0, 0.05) is 11.6 Å². The van der Waals surface area contributed by atoms with Gasteiger partial charge in [-0.25, -0.2) is 0 Å². The summed E-state index contributed by atoms with van der Waals surface area (Å²) in [5.74, 6) is 0.195. The van der Waals surface area contributed by atoms with Crippen molar-refractivity contribution < 1.29 is 5.11 Å². The zero-order chi connectivity index (χ0) is 10.7. The van der Waals surface area contributed by atoms with Gasteiger partial charge in [-0.15, -0.1) is 0 Å². The normalized spacial score (nSPS) is 10.6. The van der Waals surface area contributed by atoms with Crippen molar-refractivity contribution in [3.8, 4) is 11.8 Å². The average molecular weight is 195 g/mol. The summed E-state index contributed by atoms with van der Waals surface area (Å²) in [6.07, 6.45) is 2.99. The molecule has 0 aliphatic heterocycles. The SMILES string of the molecule is N#CC=Cc1c(O)ccc2ccccc12. The second-order valence-electron chi connectivity index (χ2n) is 3.18. The second-order valence-corrected chi connectivity index (χ2v) is 3.18. The molecule has 2 nitrogen and oxygen atoms in total. The summed E-state index contributed by atoms with van der Waals surface area (Å²) in [5.41, 5.74) is 0.689. The van der Waals surface area contributed by atoms with Crippen LogP contribution in [0.3, 0.4) is 0 Å². The fraction of sp³-hybridized carbons (Fsp3) is 0. The maximum atomic E-state index is 9.67. The number of allylic oxidation sites excluding steroid dienone is 1. The van der Waals surface area contributed by atoms with E-state index in [9.17, 15) is 5.11 Å². The number of hydrogen-bond donors (Lipinski definition) is 1. The Kier molecular flexibility index (Phi) is 2.38.